The Labute approximate surface area is 182 Å². The van der Waals surface area contributed by atoms with Crippen molar-refractivity contribution in [2.24, 2.45) is 7.05 Å². The molecule has 1 saturated heterocycles. The van der Waals surface area contributed by atoms with Gasteiger partial charge in [-0.25, -0.2) is 8.42 Å². The van der Waals surface area contributed by atoms with Gasteiger partial charge in [0.1, 0.15) is 11.9 Å². The number of pyridine rings is 1. The van der Waals surface area contributed by atoms with Gasteiger partial charge < -0.3 is 9.30 Å². The van der Waals surface area contributed by atoms with Crippen LogP contribution in [-0.4, -0.2) is 36.5 Å². The van der Waals surface area contributed by atoms with Crippen LogP contribution in [-0.2, 0) is 17.1 Å². The fourth-order valence-corrected chi connectivity index (χ4v) is 5.32. The molecule has 1 aliphatic heterocycles. The number of sulfonamides is 1. The number of ether oxygens (including phenoxy) is 1. The number of aromatic nitrogens is 1. The lowest BCUT2D eigenvalue weighted by molar-refractivity contribution is 0.134. The van der Waals surface area contributed by atoms with Gasteiger partial charge in [-0.05, 0) is 49.1 Å². The molecule has 0 atom stereocenters. The highest BCUT2D eigenvalue weighted by Gasteiger charge is 2.30. The lowest BCUT2D eigenvalue weighted by Gasteiger charge is -2.31. The van der Waals surface area contributed by atoms with Gasteiger partial charge in [-0.2, -0.15) is 4.31 Å². The molecule has 162 valence electrons. The van der Waals surface area contributed by atoms with E-state index >= 15 is 0 Å². The first-order valence-electron chi connectivity index (χ1n) is 10.3. The van der Waals surface area contributed by atoms with Gasteiger partial charge >= 0.3 is 0 Å². The average molecular weight is 439 g/mol. The van der Waals surface area contributed by atoms with E-state index in [-0.39, 0.29) is 11.7 Å². The summed E-state index contributed by atoms with van der Waals surface area (Å²) in [6.07, 6.45) is 1.03. The molecule has 4 rings (SSSR count). The van der Waals surface area contributed by atoms with E-state index in [0.717, 1.165) is 16.8 Å². The van der Waals surface area contributed by atoms with Crippen LogP contribution in [0, 0.1) is 6.92 Å². The first-order valence-corrected chi connectivity index (χ1v) is 11.8. The first-order chi connectivity index (χ1) is 14.8. The van der Waals surface area contributed by atoms with Crippen molar-refractivity contribution < 1.29 is 13.2 Å². The van der Waals surface area contributed by atoms with Crippen molar-refractivity contribution in [3.8, 4) is 16.9 Å². The number of aryl methyl sites for hydroxylation is 1. The lowest BCUT2D eigenvalue weighted by atomic mass is 10.1. The molecule has 0 bridgehead atoms. The molecule has 1 aliphatic rings. The summed E-state index contributed by atoms with van der Waals surface area (Å²) in [7, 11) is -1.86. The summed E-state index contributed by atoms with van der Waals surface area (Å²) in [5.74, 6) is 0.539. The van der Waals surface area contributed by atoms with Crippen molar-refractivity contribution in [2.45, 2.75) is 30.8 Å². The molecule has 6 nitrogen and oxygen atoms in total. The minimum atomic E-state index is -3.58. The van der Waals surface area contributed by atoms with E-state index in [9.17, 15) is 13.2 Å². The van der Waals surface area contributed by atoms with Crippen LogP contribution in [0.4, 0.5) is 0 Å². The number of nitrogens with zero attached hydrogens (tertiary/aromatic N) is 2. The molecule has 3 aromatic rings. The monoisotopic (exact) mass is 438 g/mol. The largest absolute Gasteiger partial charge is 0.490 e. The van der Waals surface area contributed by atoms with Crippen LogP contribution >= 0.6 is 0 Å². The van der Waals surface area contributed by atoms with Gasteiger partial charge in [0.2, 0.25) is 10.0 Å². The average Bonchev–Trinajstić information content (AvgIpc) is 2.78. The van der Waals surface area contributed by atoms with Crippen LogP contribution in [0.5, 0.6) is 5.75 Å². The van der Waals surface area contributed by atoms with Crippen molar-refractivity contribution >= 4 is 10.0 Å². The summed E-state index contributed by atoms with van der Waals surface area (Å²) < 4.78 is 35.5. The predicted octanol–water partition coefficient (Wildman–Crippen LogP) is 3.59. The molecule has 1 fully saturated rings. The van der Waals surface area contributed by atoms with E-state index in [0.29, 0.717) is 36.6 Å². The van der Waals surface area contributed by atoms with E-state index in [1.807, 2.05) is 49.4 Å². The molecule has 0 unspecified atom stereocenters. The summed E-state index contributed by atoms with van der Waals surface area (Å²) in [6.45, 7) is 2.62. The molecule has 0 N–H and O–H groups in total. The Balaban J connectivity index is 1.45. The first kappa shape index (κ1) is 21.3. The smallest absolute Gasteiger partial charge is 0.254 e. The summed E-state index contributed by atoms with van der Waals surface area (Å²) in [4.78, 5) is 12.3. The summed E-state index contributed by atoms with van der Waals surface area (Å²) in [5, 5.41) is 0. The number of piperidine rings is 1. The normalized spacial score (nSPS) is 15.7. The Kier molecular flexibility index (Phi) is 5.98. The zero-order chi connectivity index (χ0) is 22.0. The zero-order valence-electron chi connectivity index (χ0n) is 17.7. The topological polar surface area (TPSA) is 68.6 Å². The quantitative estimate of drug-likeness (QED) is 0.611. The zero-order valence-corrected chi connectivity index (χ0v) is 18.5. The highest BCUT2D eigenvalue weighted by Crippen LogP contribution is 2.27. The van der Waals surface area contributed by atoms with Crippen LogP contribution < -0.4 is 10.3 Å². The summed E-state index contributed by atoms with van der Waals surface area (Å²) in [5.41, 5.74) is 2.56. The molecule has 0 spiro atoms. The third kappa shape index (κ3) is 4.57. The number of hydrogen-bond donors (Lipinski definition) is 0. The Bertz CT molecular complexity index is 1230. The van der Waals surface area contributed by atoms with Gasteiger partial charge in [0.15, 0.2) is 0 Å². The number of rotatable bonds is 5. The van der Waals surface area contributed by atoms with Crippen molar-refractivity contribution in [2.75, 3.05) is 13.1 Å². The fraction of sp³-hybridized carbons (Fsp3) is 0.292. The molecular weight excluding hydrogens is 412 g/mol. The van der Waals surface area contributed by atoms with Crippen molar-refractivity contribution in [1.82, 2.24) is 8.87 Å². The minimum absolute atomic E-state index is 0.117. The van der Waals surface area contributed by atoms with E-state index in [4.69, 9.17) is 4.74 Å². The van der Waals surface area contributed by atoms with Crippen LogP contribution in [0.3, 0.4) is 0 Å². The Hall–Kier alpha value is -2.90. The molecule has 31 heavy (non-hydrogen) atoms. The second-order valence-electron chi connectivity index (χ2n) is 7.84. The van der Waals surface area contributed by atoms with Gasteiger partial charge in [0.25, 0.3) is 5.56 Å². The second kappa shape index (κ2) is 8.69. The van der Waals surface area contributed by atoms with Gasteiger partial charge in [0, 0.05) is 31.9 Å². The Morgan fingerprint density at radius 2 is 1.58 bits per heavy atom. The predicted molar refractivity (Wildman–Crippen MR) is 121 cm³/mol. The number of benzene rings is 2. The summed E-state index contributed by atoms with van der Waals surface area (Å²) in [6, 6.07) is 20.1. The molecule has 0 radical (unpaired) electrons. The van der Waals surface area contributed by atoms with Crippen LogP contribution in [0.25, 0.3) is 11.1 Å². The van der Waals surface area contributed by atoms with E-state index in [2.05, 4.69) is 0 Å². The van der Waals surface area contributed by atoms with Crippen molar-refractivity contribution in [1.29, 1.82) is 0 Å². The third-order valence-corrected chi connectivity index (χ3v) is 7.65. The van der Waals surface area contributed by atoms with Gasteiger partial charge in [-0.3, -0.25) is 4.79 Å². The molecule has 2 aromatic carbocycles. The molecule has 2 heterocycles. The van der Waals surface area contributed by atoms with Crippen LogP contribution in [0.1, 0.15) is 18.5 Å². The standard InChI is InChI=1S/C24H26N2O4S/c1-18-15-22(17-24(27)25(18)2)30-21-11-13-26(14-12-21)31(28,29)23-10-6-9-20(16-23)19-7-4-3-5-8-19/h3-10,15-17,21H,11-14H2,1-2H3. The van der Waals surface area contributed by atoms with Crippen LogP contribution in [0.2, 0.25) is 0 Å². The maximum atomic E-state index is 13.2. The van der Waals surface area contributed by atoms with Crippen molar-refractivity contribution in [3.05, 3.63) is 82.8 Å². The maximum Gasteiger partial charge on any atom is 0.254 e. The molecule has 0 amide bonds. The van der Waals surface area contributed by atoms with E-state index in [1.54, 1.807) is 29.8 Å². The Morgan fingerprint density at radius 3 is 2.26 bits per heavy atom. The second-order valence-corrected chi connectivity index (χ2v) is 9.78. The van der Waals surface area contributed by atoms with E-state index in [1.165, 1.54) is 10.4 Å². The molecule has 0 aliphatic carbocycles. The summed E-state index contributed by atoms with van der Waals surface area (Å²) >= 11 is 0. The maximum absolute atomic E-state index is 13.2. The molecular formula is C24H26N2O4S. The SMILES string of the molecule is Cc1cc(OC2CCN(S(=O)(=O)c3cccc(-c4ccccc4)c3)CC2)cc(=O)n1C. The van der Waals surface area contributed by atoms with Crippen molar-refractivity contribution in [3.63, 3.8) is 0 Å². The fourth-order valence-electron chi connectivity index (χ4n) is 3.80. The van der Waals surface area contributed by atoms with Crippen LogP contribution in [0.15, 0.2) is 76.4 Å². The lowest BCUT2D eigenvalue weighted by Crippen LogP contribution is -2.41. The minimum Gasteiger partial charge on any atom is -0.490 e. The number of hydrogen-bond acceptors (Lipinski definition) is 4. The van der Waals surface area contributed by atoms with Gasteiger partial charge in [0.05, 0.1) is 4.90 Å². The van der Waals surface area contributed by atoms with E-state index < -0.39 is 10.0 Å². The van der Waals surface area contributed by atoms with Gasteiger partial charge in [-0.1, -0.05) is 42.5 Å². The highest BCUT2D eigenvalue weighted by molar-refractivity contribution is 7.89. The Morgan fingerprint density at radius 1 is 0.903 bits per heavy atom. The molecule has 7 heteroatoms. The van der Waals surface area contributed by atoms with Gasteiger partial charge in [-0.15, -0.1) is 0 Å². The highest BCUT2D eigenvalue weighted by atomic mass is 32.2. The molecule has 1 aromatic heterocycles. The molecule has 0 saturated carbocycles. The third-order valence-electron chi connectivity index (χ3n) is 5.76.